The molecule has 0 aliphatic carbocycles. The maximum Gasteiger partial charge on any atom is 0.253 e. The van der Waals surface area contributed by atoms with Crippen molar-refractivity contribution >= 4 is 28.2 Å². The minimum absolute atomic E-state index is 0.0595. The monoisotopic (exact) mass is 312 g/mol. The zero-order valence-corrected chi connectivity index (χ0v) is 13.3. The summed E-state index contributed by atoms with van der Waals surface area (Å²) in [5.41, 5.74) is 4.74. The third-order valence-corrected chi connectivity index (χ3v) is 4.17. The molecule has 2 N–H and O–H groups in total. The SMILES string of the molecule is Cc1ccc2cc(CNc3cccc(Cl)c3)c(=O)[nH]c2c1C. The molecule has 0 aliphatic heterocycles. The molecule has 3 aromatic rings. The maximum atomic E-state index is 12.3. The molecular formula is C18H17ClN2O. The van der Waals surface area contributed by atoms with Crippen LogP contribution in [-0.2, 0) is 6.54 Å². The largest absolute Gasteiger partial charge is 0.381 e. The topological polar surface area (TPSA) is 44.9 Å². The van der Waals surface area contributed by atoms with Gasteiger partial charge in [0.15, 0.2) is 0 Å². The number of hydrogen-bond donors (Lipinski definition) is 2. The molecule has 0 fully saturated rings. The molecule has 112 valence electrons. The number of nitrogens with one attached hydrogen (secondary N) is 2. The number of anilines is 1. The van der Waals surface area contributed by atoms with Gasteiger partial charge in [-0.2, -0.15) is 0 Å². The highest BCUT2D eigenvalue weighted by atomic mass is 35.5. The number of fused-ring (bicyclic) bond motifs is 1. The van der Waals surface area contributed by atoms with E-state index >= 15 is 0 Å². The number of aromatic nitrogens is 1. The fraction of sp³-hybridized carbons (Fsp3) is 0.167. The third kappa shape index (κ3) is 2.85. The molecule has 0 bridgehead atoms. The van der Waals surface area contributed by atoms with Crippen LogP contribution < -0.4 is 10.9 Å². The molecule has 0 radical (unpaired) electrons. The van der Waals surface area contributed by atoms with E-state index in [1.54, 1.807) is 0 Å². The van der Waals surface area contributed by atoms with E-state index in [9.17, 15) is 4.79 Å². The summed E-state index contributed by atoms with van der Waals surface area (Å²) >= 11 is 5.96. The first-order chi connectivity index (χ1) is 10.5. The normalized spacial score (nSPS) is 10.9. The van der Waals surface area contributed by atoms with Crippen molar-refractivity contribution in [3.63, 3.8) is 0 Å². The molecule has 0 unspecified atom stereocenters. The molecular weight excluding hydrogens is 296 g/mol. The quantitative estimate of drug-likeness (QED) is 0.752. The highest BCUT2D eigenvalue weighted by molar-refractivity contribution is 6.30. The van der Waals surface area contributed by atoms with Crippen LogP contribution in [0.1, 0.15) is 16.7 Å². The molecule has 0 saturated heterocycles. The Balaban J connectivity index is 1.93. The van der Waals surface area contributed by atoms with Gasteiger partial charge in [-0.05, 0) is 54.6 Å². The highest BCUT2D eigenvalue weighted by Crippen LogP contribution is 2.20. The van der Waals surface area contributed by atoms with Crippen LogP contribution in [0, 0.1) is 13.8 Å². The minimum Gasteiger partial charge on any atom is -0.381 e. The van der Waals surface area contributed by atoms with Crippen molar-refractivity contribution in [2.24, 2.45) is 0 Å². The summed E-state index contributed by atoms with van der Waals surface area (Å²) in [5.74, 6) is 0. The Labute approximate surface area is 133 Å². The Hall–Kier alpha value is -2.26. The number of H-pyrrole nitrogens is 1. The third-order valence-electron chi connectivity index (χ3n) is 3.94. The maximum absolute atomic E-state index is 12.3. The number of pyridine rings is 1. The van der Waals surface area contributed by atoms with Crippen LogP contribution in [0.4, 0.5) is 5.69 Å². The van der Waals surface area contributed by atoms with E-state index in [0.29, 0.717) is 17.1 Å². The zero-order valence-electron chi connectivity index (χ0n) is 12.5. The second-order valence-corrected chi connectivity index (χ2v) is 5.90. The van der Waals surface area contributed by atoms with E-state index in [1.165, 1.54) is 5.56 Å². The summed E-state index contributed by atoms with van der Waals surface area (Å²) in [6.07, 6.45) is 0. The first-order valence-corrected chi connectivity index (χ1v) is 7.54. The molecule has 22 heavy (non-hydrogen) atoms. The molecule has 0 spiro atoms. The Morgan fingerprint density at radius 3 is 2.73 bits per heavy atom. The molecule has 3 rings (SSSR count). The van der Waals surface area contributed by atoms with Crippen LogP contribution in [0.25, 0.3) is 10.9 Å². The molecule has 0 amide bonds. The van der Waals surface area contributed by atoms with Gasteiger partial charge in [-0.15, -0.1) is 0 Å². The van der Waals surface area contributed by atoms with Crippen molar-refractivity contribution in [1.29, 1.82) is 0 Å². The van der Waals surface area contributed by atoms with Crippen LogP contribution in [0.5, 0.6) is 0 Å². The molecule has 1 heterocycles. The highest BCUT2D eigenvalue weighted by Gasteiger charge is 2.06. The van der Waals surface area contributed by atoms with Gasteiger partial charge in [0.1, 0.15) is 0 Å². The summed E-state index contributed by atoms with van der Waals surface area (Å²) in [5, 5.41) is 4.95. The number of benzene rings is 2. The van der Waals surface area contributed by atoms with E-state index < -0.39 is 0 Å². The van der Waals surface area contributed by atoms with Crippen molar-refractivity contribution in [3.8, 4) is 0 Å². The van der Waals surface area contributed by atoms with Crippen molar-refractivity contribution in [2.45, 2.75) is 20.4 Å². The van der Waals surface area contributed by atoms with Gasteiger partial charge in [0.25, 0.3) is 5.56 Å². The minimum atomic E-state index is -0.0595. The standard InChI is InChI=1S/C18H17ClN2O/c1-11-6-7-13-8-14(18(22)21-17(13)12(11)2)10-20-16-5-3-4-15(19)9-16/h3-9,20H,10H2,1-2H3,(H,21,22). The molecule has 2 aromatic carbocycles. The second-order valence-electron chi connectivity index (χ2n) is 5.46. The van der Waals surface area contributed by atoms with E-state index in [0.717, 1.165) is 22.2 Å². The summed E-state index contributed by atoms with van der Waals surface area (Å²) in [6, 6.07) is 13.5. The molecule has 0 atom stereocenters. The lowest BCUT2D eigenvalue weighted by molar-refractivity contribution is 1.09. The van der Waals surface area contributed by atoms with Gasteiger partial charge in [-0.3, -0.25) is 4.79 Å². The lowest BCUT2D eigenvalue weighted by Gasteiger charge is -2.09. The van der Waals surface area contributed by atoms with Crippen molar-refractivity contribution in [1.82, 2.24) is 4.98 Å². The van der Waals surface area contributed by atoms with Crippen molar-refractivity contribution in [3.05, 3.63) is 74.5 Å². The van der Waals surface area contributed by atoms with Crippen LogP contribution in [-0.4, -0.2) is 4.98 Å². The van der Waals surface area contributed by atoms with Crippen LogP contribution in [0.15, 0.2) is 47.3 Å². The molecule has 4 heteroatoms. The predicted octanol–water partition coefficient (Wildman–Crippen LogP) is 4.41. The fourth-order valence-electron chi connectivity index (χ4n) is 2.50. The first kappa shape index (κ1) is 14.7. The lowest BCUT2D eigenvalue weighted by Crippen LogP contribution is -2.16. The van der Waals surface area contributed by atoms with E-state index in [4.69, 9.17) is 11.6 Å². The van der Waals surface area contributed by atoms with Gasteiger partial charge in [0.2, 0.25) is 0 Å². The average Bonchev–Trinajstić information content (AvgIpc) is 2.50. The first-order valence-electron chi connectivity index (χ1n) is 7.16. The smallest absolute Gasteiger partial charge is 0.253 e. The van der Waals surface area contributed by atoms with Crippen molar-refractivity contribution in [2.75, 3.05) is 5.32 Å². The number of hydrogen-bond acceptors (Lipinski definition) is 2. The molecule has 3 nitrogen and oxygen atoms in total. The Kier molecular flexibility index (Phi) is 3.90. The van der Waals surface area contributed by atoms with Crippen molar-refractivity contribution < 1.29 is 0 Å². The summed E-state index contributed by atoms with van der Waals surface area (Å²) in [6.45, 7) is 4.53. The predicted molar refractivity (Wildman–Crippen MR) is 92.8 cm³/mol. The molecule has 1 aromatic heterocycles. The second kappa shape index (κ2) is 5.85. The van der Waals surface area contributed by atoms with Crippen LogP contribution in [0.3, 0.4) is 0 Å². The fourth-order valence-corrected chi connectivity index (χ4v) is 2.69. The van der Waals surface area contributed by atoms with Gasteiger partial charge >= 0.3 is 0 Å². The number of halogens is 1. The number of rotatable bonds is 3. The summed E-state index contributed by atoms with van der Waals surface area (Å²) < 4.78 is 0. The van der Waals surface area contributed by atoms with Crippen LogP contribution in [0.2, 0.25) is 5.02 Å². The Bertz CT molecular complexity index is 899. The summed E-state index contributed by atoms with van der Waals surface area (Å²) in [7, 11) is 0. The molecule has 0 aliphatic rings. The Morgan fingerprint density at radius 1 is 1.14 bits per heavy atom. The van der Waals surface area contributed by atoms with Crippen LogP contribution >= 0.6 is 11.6 Å². The van der Waals surface area contributed by atoms with E-state index in [-0.39, 0.29) is 5.56 Å². The average molecular weight is 313 g/mol. The zero-order chi connectivity index (χ0) is 15.7. The van der Waals surface area contributed by atoms with Gasteiger partial charge < -0.3 is 10.3 Å². The lowest BCUT2D eigenvalue weighted by atomic mass is 10.0. The van der Waals surface area contributed by atoms with Gasteiger partial charge in [0, 0.05) is 22.8 Å². The van der Waals surface area contributed by atoms with Gasteiger partial charge in [-0.1, -0.05) is 29.8 Å². The van der Waals surface area contributed by atoms with E-state index in [1.807, 2.05) is 50.2 Å². The van der Waals surface area contributed by atoms with Gasteiger partial charge in [-0.25, -0.2) is 0 Å². The van der Waals surface area contributed by atoms with E-state index in [2.05, 4.69) is 16.4 Å². The molecule has 0 saturated carbocycles. The van der Waals surface area contributed by atoms with Gasteiger partial charge in [0.05, 0.1) is 5.52 Å². The number of aromatic amines is 1. The summed E-state index contributed by atoms with van der Waals surface area (Å²) in [4.78, 5) is 15.3. The number of aryl methyl sites for hydroxylation is 2. The Morgan fingerprint density at radius 2 is 1.95 bits per heavy atom.